The molecule has 0 atom stereocenters. The third-order valence-corrected chi connectivity index (χ3v) is 4.01. The SMILES string of the molecule is O=C(C[n+]1ccc2ccccc2c1)c1cc2ccccc2oc1=O.[Cl-]. The normalized spacial score (nSPS) is 10.6. The Bertz CT molecular complexity index is 1130. The van der Waals surface area contributed by atoms with Gasteiger partial charge in [-0.1, -0.05) is 36.4 Å². The molecule has 4 nitrogen and oxygen atoms in total. The van der Waals surface area contributed by atoms with Crippen LogP contribution in [0.15, 0.2) is 82.3 Å². The van der Waals surface area contributed by atoms with Crippen molar-refractivity contribution in [2.45, 2.75) is 6.54 Å². The molecule has 0 fully saturated rings. The lowest BCUT2D eigenvalue weighted by Crippen LogP contribution is -3.00. The van der Waals surface area contributed by atoms with Gasteiger partial charge in [0.05, 0.1) is 0 Å². The van der Waals surface area contributed by atoms with E-state index in [1.165, 1.54) is 0 Å². The molecule has 4 rings (SSSR count). The van der Waals surface area contributed by atoms with Gasteiger partial charge < -0.3 is 16.8 Å². The van der Waals surface area contributed by atoms with Gasteiger partial charge >= 0.3 is 5.63 Å². The summed E-state index contributed by atoms with van der Waals surface area (Å²) in [6, 6.07) is 18.6. The lowest BCUT2D eigenvalue weighted by atomic mass is 10.1. The average molecular weight is 352 g/mol. The van der Waals surface area contributed by atoms with Gasteiger partial charge in [-0.3, -0.25) is 4.79 Å². The second-order valence-corrected chi connectivity index (χ2v) is 5.65. The molecule has 0 amide bonds. The highest BCUT2D eigenvalue weighted by Crippen LogP contribution is 2.13. The Morgan fingerprint density at radius 2 is 1.60 bits per heavy atom. The lowest BCUT2D eigenvalue weighted by Gasteiger charge is -2.01. The molecule has 2 aromatic carbocycles. The first-order valence-electron chi connectivity index (χ1n) is 7.65. The molecular weight excluding hydrogens is 338 g/mol. The number of hydrogen-bond acceptors (Lipinski definition) is 3. The van der Waals surface area contributed by atoms with Crippen LogP contribution in [-0.2, 0) is 6.54 Å². The number of aromatic nitrogens is 1. The van der Waals surface area contributed by atoms with E-state index in [-0.39, 0.29) is 30.3 Å². The second-order valence-electron chi connectivity index (χ2n) is 5.65. The predicted molar refractivity (Wildman–Crippen MR) is 91.0 cm³/mol. The van der Waals surface area contributed by atoms with E-state index >= 15 is 0 Å². The van der Waals surface area contributed by atoms with Crippen molar-refractivity contribution in [1.29, 1.82) is 0 Å². The summed E-state index contributed by atoms with van der Waals surface area (Å²) in [4.78, 5) is 24.6. The number of nitrogens with zero attached hydrogens (tertiary/aromatic N) is 1. The summed E-state index contributed by atoms with van der Waals surface area (Å²) in [5.41, 5.74) is -0.0353. The van der Waals surface area contributed by atoms with Gasteiger partial charge in [0.25, 0.3) is 0 Å². The maximum absolute atomic E-state index is 12.5. The van der Waals surface area contributed by atoms with Gasteiger partial charge in [-0.2, -0.15) is 4.57 Å². The maximum atomic E-state index is 12.5. The summed E-state index contributed by atoms with van der Waals surface area (Å²) >= 11 is 0. The Hall–Kier alpha value is -2.98. The minimum Gasteiger partial charge on any atom is -1.00 e. The van der Waals surface area contributed by atoms with Crippen molar-refractivity contribution in [3.8, 4) is 0 Å². The monoisotopic (exact) mass is 351 g/mol. The summed E-state index contributed by atoms with van der Waals surface area (Å²) in [5.74, 6) is -0.269. The van der Waals surface area contributed by atoms with Crippen molar-refractivity contribution in [2.75, 3.05) is 0 Å². The van der Waals surface area contributed by atoms with E-state index in [1.54, 1.807) is 22.8 Å². The zero-order chi connectivity index (χ0) is 16.5. The summed E-state index contributed by atoms with van der Waals surface area (Å²) in [7, 11) is 0. The van der Waals surface area contributed by atoms with E-state index in [2.05, 4.69) is 0 Å². The van der Waals surface area contributed by atoms with Gasteiger partial charge in [0.2, 0.25) is 12.3 Å². The van der Waals surface area contributed by atoms with Crippen LogP contribution < -0.4 is 22.6 Å². The summed E-state index contributed by atoms with van der Waals surface area (Å²) in [6.45, 7) is 0.0912. The van der Waals surface area contributed by atoms with Crippen LogP contribution in [0.1, 0.15) is 10.4 Å². The fourth-order valence-corrected chi connectivity index (χ4v) is 2.78. The molecule has 124 valence electrons. The van der Waals surface area contributed by atoms with E-state index in [4.69, 9.17) is 4.42 Å². The topological polar surface area (TPSA) is 51.2 Å². The van der Waals surface area contributed by atoms with Gasteiger partial charge in [0.1, 0.15) is 11.1 Å². The molecule has 0 bridgehead atoms. The number of carbonyl (C=O) groups excluding carboxylic acids is 1. The van der Waals surface area contributed by atoms with Crippen molar-refractivity contribution < 1.29 is 26.2 Å². The predicted octanol–water partition coefficient (Wildman–Crippen LogP) is 0.121. The molecule has 5 heteroatoms. The largest absolute Gasteiger partial charge is 1.00 e. The summed E-state index contributed by atoms with van der Waals surface area (Å²) < 4.78 is 7.01. The van der Waals surface area contributed by atoms with Crippen LogP contribution in [0.5, 0.6) is 0 Å². The standard InChI is InChI=1S/C20H14NO3.ClH/c22-18(13-21-10-9-14-5-1-2-7-16(14)12-21)17-11-15-6-3-4-8-19(15)24-20(17)23;/h1-12H,13H2;1H/q+1;/p-1. The van der Waals surface area contributed by atoms with E-state index < -0.39 is 5.63 Å². The number of hydrogen-bond donors (Lipinski definition) is 0. The minimum absolute atomic E-state index is 0. The quantitative estimate of drug-likeness (QED) is 0.299. The molecule has 0 aliphatic rings. The highest BCUT2D eigenvalue weighted by molar-refractivity contribution is 5.97. The van der Waals surface area contributed by atoms with E-state index in [9.17, 15) is 9.59 Å². The molecule has 0 unspecified atom stereocenters. The zero-order valence-electron chi connectivity index (χ0n) is 13.2. The molecule has 0 saturated heterocycles. The first-order chi connectivity index (χ1) is 11.7. The van der Waals surface area contributed by atoms with Gasteiger partial charge in [0, 0.05) is 16.8 Å². The van der Waals surface area contributed by atoms with Crippen molar-refractivity contribution >= 4 is 27.5 Å². The number of rotatable bonds is 3. The van der Waals surface area contributed by atoms with Crippen LogP contribution in [0.25, 0.3) is 21.7 Å². The van der Waals surface area contributed by atoms with Gasteiger partial charge in [0.15, 0.2) is 12.4 Å². The van der Waals surface area contributed by atoms with E-state index in [0.29, 0.717) is 5.58 Å². The van der Waals surface area contributed by atoms with Crippen molar-refractivity contribution in [2.24, 2.45) is 0 Å². The van der Waals surface area contributed by atoms with Gasteiger partial charge in [-0.25, -0.2) is 4.79 Å². The molecule has 0 N–H and O–H groups in total. The first-order valence-corrected chi connectivity index (χ1v) is 7.65. The van der Waals surface area contributed by atoms with Crippen LogP contribution >= 0.6 is 0 Å². The Morgan fingerprint density at radius 1 is 0.920 bits per heavy atom. The number of carbonyl (C=O) groups is 1. The smallest absolute Gasteiger partial charge is 0.347 e. The van der Waals surface area contributed by atoms with Gasteiger partial charge in [-0.05, 0) is 23.6 Å². The van der Waals surface area contributed by atoms with Crippen LogP contribution in [0.2, 0.25) is 0 Å². The van der Waals surface area contributed by atoms with Crippen LogP contribution in [0.3, 0.4) is 0 Å². The molecule has 4 aromatic rings. The van der Waals surface area contributed by atoms with Gasteiger partial charge in [-0.15, -0.1) is 0 Å². The number of halogens is 1. The number of fused-ring (bicyclic) bond motifs is 2. The summed E-state index contributed by atoms with van der Waals surface area (Å²) in [5, 5.41) is 2.88. The molecule has 0 aliphatic heterocycles. The molecule has 2 heterocycles. The van der Waals surface area contributed by atoms with Crippen molar-refractivity contribution in [3.63, 3.8) is 0 Å². The third kappa shape index (κ3) is 3.30. The van der Waals surface area contributed by atoms with Crippen molar-refractivity contribution in [1.82, 2.24) is 0 Å². The van der Waals surface area contributed by atoms with Crippen LogP contribution in [0.4, 0.5) is 0 Å². The molecule has 25 heavy (non-hydrogen) atoms. The van der Waals surface area contributed by atoms with E-state index in [0.717, 1.165) is 16.2 Å². The number of benzene rings is 2. The lowest BCUT2D eigenvalue weighted by molar-refractivity contribution is -0.681. The fourth-order valence-electron chi connectivity index (χ4n) is 2.78. The molecule has 0 saturated carbocycles. The number of Topliss-reactive ketones (excluding diaryl/α,β-unsaturated/α-hetero) is 1. The second kappa shape index (κ2) is 6.87. The van der Waals surface area contributed by atoms with Crippen LogP contribution in [0, 0.1) is 0 Å². The molecule has 0 spiro atoms. The Labute approximate surface area is 149 Å². The van der Waals surface area contributed by atoms with Crippen molar-refractivity contribution in [3.05, 3.63) is 89.0 Å². The maximum Gasteiger partial charge on any atom is 0.347 e. The molecule has 0 radical (unpaired) electrons. The third-order valence-electron chi connectivity index (χ3n) is 4.01. The molecule has 0 aliphatic carbocycles. The Morgan fingerprint density at radius 3 is 2.40 bits per heavy atom. The Balaban J connectivity index is 0.00000182. The highest BCUT2D eigenvalue weighted by atomic mass is 35.5. The number of para-hydroxylation sites is 1. The average Bonchev–Trinajstić information content (AvgIpc) is 2.61. The molecular formula is C20H14ClNO3. The fraction of sp³-hybridized carbons (Fsp3) is 0.0500. The van der Waals surface area contributed by atoms with E-state index in [1.807, 2.05) is 54.9 Å². The van der Waals surface area contributed by atoms with Crippen LogP contribution in [-0.4, -0.2) is 5.78 Å². The Kier molecular flexibility index (Phi) is 4.63. The molecule has 2 aromatic heterocycles. The zero-order valence-corrected chi connectivity index (χ0v) is 13.9. The highest BCUT2D eigenvalue weighted by Gasteiger charge is 2.18. The first kappa shape index (κ1) is 16.9. The number of ketones is 1. The number of pyridine rings is 1. The minimum atomic E-state index is -0.597. The summed E-state index contributed by atoms with van der Waals surface area (Å²) in [6.07, 6.45) is 3.73.